The minimum Gasteiger partial charge on any atom is -0.298 e. The number of aldehydes is 1. The molecule has 0 aliphatic heterocycles. The fourth-order valence-electron chi connectivity index (χ4n) is 0.834. The molecule has 1 aromatic carbocycles. The lowest BCUT2D eigenvalue weighted by atomic mass is 10.2. The lowest BCUT2D eigenvalue weighted by Gasteiger charge is -1.98. The van der Waals surface area contributed by atoms with Crippen LogP contribution in [0.5, 0.6) is 0 Å². The third-order valence-electron chi connectivity index (χ3n) is 1.49. The van der Waals surface area contributed by atoms with Gasteiger partial charge in [-0.15, -0.1) is 0 Å². The largest absolute Gasteiger partial charge is 0.298 e. The molecule has 0 spiro atoms. The van der Waals surface area contributed by atoms with E-state index in [4.69, 9.17) is 0 Å². The van der Waals surface area contributed by atoms with Gasteiger partial charge in [0.15, 0.2) is 5.78 Å². The molecule has 0 atom stereocenters. The van der Waals surface area contributed by atoms with Crippen molar-refractivity contribution in [3.05, 3.63) is 29.8 Å². The number of ketones is 1. The van der Waals surface area contributed by atoms with Crippen LogP contribution in [0, 0.1) is 0 Å². The second-order valence-corrected chi connectivity index (χ2v) is 2.72. The van der Waals surface area contributed by atoms with Crippen LogP contribution in [0.4, 0.5) is 5.69 Å². The van der Waals surface area contributed by atoms with Crippen LogP contribution in [0.2, 0.25) is 0 Å². The number of Topliss-reactive ketones (excluding diaryl/α,β-unsaturated/α-hetero) is 1. The van der Waals surface area contributed by atoms with Gasteiger partial charge in [0.25, 0.3) is 0 Å². The number of nitrogens with one attached hydrogen (secondary N) is 1. The normalized spacial score (nSPS) is 10.1. The molecule has 14 heavy (non-hydrogen) atoms. The van der Waals surface area contributed by atoms with Crippen molar-refractivity contribution in [3.63, 3.8) is 0 Å². The van der Waals surface area contributed by atoms with Crippen molar-refractivity contribution in [3.8, 4) is 0 Å². The number of benzene rings is 1. The van der Waals surface area contributed by atoms with Crippen molar-refractivity contribution in [2.45, 2.75) is 6.92 Å². The van der Waals surface area contributed by atoms with E-state index in [-0.39, 0.29) is 5.78 Å². The van der Waals surface area contributed by atoms with Crippen molar-refractivity contribution < 1.29 is 9.59 Å². The summed E-state index contributed by atoms with van der Waals surface area (Å²) in [5, 5.41) is 3.68. The Morgan fingerprint density at radius 1 is 1.36 bits per heavy atom. The number of anilines is 1. The molecular weight excluding hydrogens is 180 g/mol. The summed E-state index contributed by atoms with van der Waals surface area (Å²) in [7, 11) is 0. The maximum Gasteiger partial charge on any atom is 0.172 e. The van der Waals surface area contributed by atoms with E-state index in [0.717, 1.165) is 12.0 Å². The van der Waals surface area contributed by atoms with Crippen LogP contribution in [-0.2, 0) is 4.79 Å². The van der Waals surface area contributed by atoms with Crippen LogP contribution < -0.4 is 5.43 Å². The molecule has 0 aliphatic carbocycles. The number of carbonyl (C=O) groups excluding carboxylic acids is 2. The van der Waals surface area contributed by atoms with E-state index in [1.807, 2.05) is 0 Å². The van der Waals surface area contributed by atoms with Gasteiger partial charge in [-0.25, -0.2) is 0 Å². The molecule has 1 aromatic rings. The Bertz CT molecular complexity index is 355. The second-order valence-electron chi connectivity index (χ2n) is 2.72. The van der Waals surface area contributed by atoms with Crippen LogP contribution >= 0.6 is 0 Å². The summed E-state index contributed by atoms with van der Waals surface area (Å²) in [5.74, 6) is -0.123. The fourth-order valence-corrected chi connectivity index (χ4v) is 0.834. The van der Waals surface area contributed by atoms with E-state index in [2.05, 4.69) is 10.5 Å². The molecule has 1 rings (SSSR count). The van der Waals surface area contributed by atoms with E-state index in [0.29, 0.717) is 5.56 Å². The molecular formula is C10H10N2O2. The number of hydrogen-bond donors (Lipinski definition) is 1. The molecule has 0 bridgehead atoms. The Morgan fingerprint density at radius 3 is 2.50 bits per heavy atom. The lowest BCUT2D eigenvalue weighted by molar-refractivity contribution is -0.110. The quantitative estimate of drug-likeness (QED) is 0.444. The summed E-state index contributed by atoms with van der Waals surface area (Å²) < 4.78 is 0. The Hall–Kier alpha value is -1.97. The standard InChI is InChI=1S/C10H10N2O2/c1-8(14)6-11-12-10-4-2-9(7-13)3-5-10/h2-7,12H,1H3/b11-6+. The van der Waals surface area contributed by atoms with Gasteiger partial charge >= 0.3 is 0 Å². The monoisotopic (exact) mass is 190 g/mol. The molecule has 0 aromatic heterocycles. The molecule has 0 unspecified atom stereocenters. The highest BCUT2D eigenvalue weighted by Gasteiger charge is 1.90. The van der Waals surface area contributed by atoms with Crippen molar-refractivity contribution in [1.29, 1.82) is 0 Å². The smallest absolute Gasteiger partial charge is 0.172 e. The first kappa shape index (κ1) is 10.1. The van der Waals surface area contributed by atoms with Crippen molar-refractivity contribution in [1.82, 2.24) is 0 Å². The Kier molecular flexibility index (Phi) is 3.55. The van der Waals surface area contributed by atoms with Gasteiger partial charge < -0.3 is 0 Å². The van der Waals surface area contributed by atoms with E-state index in [9.17, 15) is 9.59 Å². The molecule has 0 amide bonds. The molecule has 4 heteroatoms. The minimum atomic E-state index is -0.123. The van der Waals surface area contributed by atoms with Crippen LogP contribution in [0.25, 0.3) is 0 Å². The van der Waals surface area contributed by atoms with Crippen LogP contribution in [0.15, 0.2) is 29.4 Å². The van der Waals surface area contributed by atoms with Gasteiger partial charge in [-0.3, -0.25) is 15.0 Å². The van der Waals surface area contributed by atoms with Crippen LogP contribution in [-0.4, -0.2) is 18.3 Å². The first-order valence-electron chi connectivity index (χ1n) is 4.07. The Balaban J connectivity index is 2.60. The molecule has 0 heterocycles. The van der Waals surface area contributed by atoms with Gasteiger partial charge in [-0.05, 0) is 24.3 Å². The minimum absolute atomic E-state index is 0.123. The average Bonchev–Trinajstić information content (AvgIpc) is 2.18. The zero-order valence-corrected chi connectivity index (χ0v) is 7.73. The summed E-state index contributed by atoms with van der Waals surface area (Å²) in [5.41, 5.74) is 3.99. The van der Waals surface area contributed by atoms with Crippen molar-refractivity contribution in [2.75, 3.05) is 5.43 Å². The first-order valence-corrected chi connectivity index (χ1v) is 4.07. The van der Waals surface area contributed by atoms with Gasteiger partial charge in [0.1, 0.15) is 6.29 Å². The number of nitrogens with zero attached hydrogens (tertiary/aromatic N) is 1. The third-order valence-corrected chi connectivity index (χ3v) is 1.49. The SMILES string of the molecule is CC(=O)/C=N/Nc1ccc(C=O)cc1. The van der Waals surface area contributed by atoms with E-state index in [1.165, 1.54) is 13.1 Å². The topological polar surface area (TPSA) is 58.5 Å². The van der Waals surface area contributed by atoms with E-state index >= 15 is 0 Å². The molecule has 0 saturated heterocycles. The highest BCUT2D eigenvalue weighted by molar-refractivity contribution is 6.26. The van der Waals surface area contributed by atoms with Crippen LogP contribution in [0.3, 0.4) is 0 Å². The summed E-state index contributed by atoms with van der Waals surface area (Å²) in [6.07, 6.45) is 1.95. The van der Waals surface area contributed by atoms with Gasteiger partial charge in [-0.2, -0.15) is 5.10 Å². The maximum absolute atomic E-state index is 10.5. The molecule has 0 fully saturated rings. The second kappa shape index (κ2) is 4.91. The zero-order chi connectivity index (χ0) is 10.4. The fraction of sp³-hybridized carbons (Fsp3) is 0.100. The highest BCUT2D eigenvalue weighted by Crippen LogP contribution is 2.07. The summed E-state index contributed by atoms with van der Waals surface area (Å²) in [4.78, 5) is 20.8. The summed E-state index contributed by atoms with van der Waals surface area (Å²) in [6, 6.07) is 6.75. The average molecular weight is 190 g/mol. The molecule has 1 N–H and O–H groups in total. The van der Waals surface area contributed by atoms with Crippen molar-refractivity contribution >= 4 is 24.0 Å². The molecule has 0 aliphatic rings. The number of hydrogen-bond acceptors (Lipinski definition) is 4. The van der Waals surface area contributed by atoms with Crippen molar-refractivity contribution in [2.24, 2.45) is 5.10 Å². The van der Waals surface area contributed by atoms with E-state index < -0.39 is 0 Å². The number of hydrazone groups is 1. The highest BCUT2D eigenvalue weighted by atomic mass is 16.1. The molecule has 0 saturated carbocycles. The van der Waals surface area contributed by atoms with Gasteiger partial charge in [0.2, 0.25) is 0 Å². The molecule has 0 radical (unpaired) electrons. The maximum atomic E-state index is 10.5. The predicted molar refractivity (Wildman–Crippen MR) is 54.6 cm³/mol. The molecule has 72 valence electrons. The number of rotatable bonds is 4. The first-order chi connectivity index (χ1) is 6.72. The molecule has 4 nitrogen and oxygen atoms in total. The Morgan fingerprint density at radius 2 is 2.00 bits per heavy atom. The van der Waals surface area contributed by atoms with Gasteiger partial charge in [0.05, 0.1) is 11.9 Å². The van der Waals surface area contributed by atoms with Gasteiger partial charge in [-0.1, -0.05) is 0 Å². The van der Waals surface area contributed by atoms with Gasteiger partial charge in [0, 0.05) is 12.5 Å². The summed E-state index contributed by atoms with van der Waals surface area (Å²) >= 11 is 0. The predicted octanol–water partition coefficient (Wildman–Crippen LogP) is 1.49. The van der Waals surface area contributed by atoms with Crippen LogP contribution in [0.1, 0.15) is 17.3 Å². The summed E-state index contributed by atoms with van der Waals surface area (Å²) in [6.45, 7) is 1.42. The lowest BCUT2D eigenvalue weighted by Crippen LogP contribution is -1.95. The number of carbonyl (C=O) groups is 2. The zero-order valence-electron chi connectivity index (χ0n) is 7.73. The van der Waals surface area contributed by atoms with E-state index in [1.54, 1.807) is 24.3 Å². The Labute approximate surface area is 81.6 Å². The third kappa shape index (κ3) is 3.18.